The molecule has 7 rings (SSSR count). The molecular formula is C43H49N13O8S5. The summed E-state index contributed by atoms with van der Waals surface area (Å²) >= 11 is 3.27. The summed E-state index contributed by atoms with van der Waals surface area (Å²) in [7, 11) is -6.92. The molecule has 0 spiro atoms. The summed E-state index contributed by atoms with van der Waals surface area (Å²) in [6.07, 6.45) is 1.86. The predicted molar refractivity (Wildman–Crippen MR) is 272 cm³/mol. The largest absolute Gasteiger partial charge is 0.495 e. The van der Waals surface area contributed by atoms with Crippen LogP contribution in [0, 0.1) is 0 Å². The van der Waals surface area contributed by atoms with Gasteiger partial charge in [0.1, 0.15) is 32.7 Å². The second-order valence-corrected chi connectivity index (χ2v) is 20.1. The Labute approximate surface area is 411 Å². The van der Waals surface area contributed by atoms with Crippen LogP contribution >= 0.6 is 34.8 Å². The summed E-state index contributed by atoms with van der Waals surface area (Å²) in [5, 5.41) is 25.5. The lowest BCUT2D eigenvalue weighted by Crippen LogP contribution is -2.21. The number of benzene rings is 4. The van der Waals surface area contributed by atoms with Gasteiger partial charge < -0.3 is 29.9 Å². The number of anilines is 6. The van der Waals surface area contributed by atoms with Gasteiger partial charge >= 0.3 is 0 Å². The summed E-state index contributed by atoms with van der Waals surface area (Å²) < 4.78 is 90.0. The number of ether oxygens (including phenoxy) is 2. The molecule has 0 unspecified atom stereocenters. The van der Waals surface area contributed by atoms with Crippen LogP contribution < -0.4 is 29.9 Å². The fourth-order valence-corrected chi connectivity index (χ4v) is 11.4. The number of hydrogen-bond donors (Lipinski definition) is 4. The summed E-state index contributed by atoms with van der Waals surface area (Å²) in [4.78, 5) is 17.8. The lowest BCUT2D eigenvalue weighted by Gasteiger charge is -2.22. The number of azo groups is 2. The smallest absolute Gasteiger partial charge is 0.299 e. The Kier molecular flexibility index (Phi) is 16.2. The molecule has 0 amide bonds. The number of fused-ring (bicyclic) bond motifs is 2. The molecule has 0 saturated heterocycles. The highest BCUT2D eigenvalue weighted by Gasteiger charge is 2.27. The van der Waals surface area contributed by atoms with Gasteiger partial charge in [-0.2, -0.15) is 40.5 Å². The zero-order valence-corrected chi connectivity index (χ0v) is 42.6. The maximum Gasteiger partial charge on any atom is 0.299 e. The first-order chi connectivity index (χ1) is 33.1. The second kappa shape index (κ2) is 22.1. The van der Waals surface area contributed by atoms with Crippen LogP contribution in [0.15, 0.2) is 96.1 Å². The Bertz CT molecular complexity index is 3060. The number of hydrogen-bond acceptors (Lipinski definition) is 22. The van der Waals surface area contributed by atoms with Crippen LogP contribution in [0.2, 0.25) is 0 Å². The van der Waals surface area contributed by atoms with Crippen molar-refractivity contribution >= 4 is 133 Å². The van der Waals surface area contributed by atoms with Crippen molar-refractivity contribution in [3.8, 4) is 11.5 Å². The molecule has 0 fully saturated rings. The van der Waals surface area contributed by atoms with Crippen LogP contribution in [0.5, 0.6) is 11.5 Å². The van der Waals surface area contributed by atoms with E-state index in [1.165, 1.54) is 38.1 Å². The van der Waals surface area contributed by atoms with Gasteiger partial charge in [-0.15, -0.1) is 20.5 Å². The SMILES string of the molecule is CCCCSc1nc(Nc2cc(N(CC)CC)ccc2/N=N/c2snc3ccc(OC)c(S(=O)(=O)O)c23)nc(Nc2cc(N(CC)CC)ccc2/N=N/c2snc3ccc(OC)c(S(=O)(=O)O)c23)n1. The van der Waals surface area contributed by atoms with Crippen LogP contribution in [-0.4, -0.2) is 95.8 Å². The minimum Gasteiger partial charge on any atom is -0.495 e. The van der Waals surface area contributed by atoms with Gasteiger partial charge in [-0.05, 0) is 118 Å². The Morgan fingerprint density at radius 2 is 1.06 bits per heavy atom. The summed E-state index contributed by atoms with van der Waals surface area (Å²) in [6.45, 7) is 13.1. The lowest BCUT2D eigenvalue weighted by atomic mass is 10.2. The summed E-state index contributed by atoms with van der Waals surface area (Å²) in [5.74, 6) is 0.904. The highest BCUT2D eigenvalue weighted by atomic mass is 32.2. The number of aromatic nitrogens is 5. The van der Waals surface area contributed by atoms with Gasteiger partial charge in [0.25, 0.3) is 20.2 Å². The predicted octanol–water partition coefficient (Wildman–Crippen LogP) is 11.5. The molecule has 4 N–H and O–H groups in total. The first kappa shape index (κ1) is 50.7. The number of methoxy groups -OCH3 is 2. The third kappa shape index (κ3) is 11.5. The molecule has 0 saturated carbocycles. The van der Waals surface area contributed by atoms with Gasteiger partial charge in [0.15, 0.2) is 15.2 Å². The fraction of sp³-hybridized carbons (Fsp3) is 0.326. The molecule has 21 nitrogen and oxygen atoms in total. The standard InChI is InChI=1S/C43H49N13O8S5/c1-8-13-22-65-43-47-41(44-31-23-25(55(9-2)10-3)14-16-27(31)49-51-39-35-29(53-66-39)18-20-33(63-6)37(35)68(57,58)59)46-42(48-43)45-32-24-26(56(11-4)12-5)15-17-28(32)50-52-40-36-30(54-67-40)19-21-34(64-7)38(36)69(60,61)62/h14-21,23-24H,8-13,22H2,1-7H3,(H,57,58,59)(H,60,61,62)(H2,44,45,46,47,48)/b51-49+,52-50+. The van der Waals surface area contributed by atoms with E-state index in [0.29, 0.717) is 54.1 Å². The van der Waals surface area contributed by atoms with Crippen molar-refractivity contribution in [1.82, 2.24) is 23.7 Å². The second-order valence-electron chi connectivity index (χ2n) is 14.8. The van der Waals surface area contributed by atoms with Crippen LogP contribution in [-0.2, 0) is 20.2 Å². The molecule has 0 radical (unpaired) electrons. The number of rotatable bonds is 22. The fourth-order valence-electron chi connectivity index (χ4n) is 7.19. The van der Waals surface area contributed by atoms with Crippen molar-refractivity contribution in [1.29, 1.82) is 0 Å². The van der Waals surface area contributed by atoms with E-state index in [0.717, 1.165) is 53.0 Å². The van der Waals surface area contributed by atoms with Crippen LogP contribution in [0.25, 0.3) is 21.8 Å². The third-order valence-electron chi connectivity index (χ3n) is 10.6. The van der Waals surface area contributed by atoms with Crippen molar-refractivity contribution in [2.45, 2.75) is 62.4 Å². The normalized spacial score (nSPS) is 12.1. The minimum absolute atomic E-state index is 0.0641. The molecule has 0 aliphatic rings. The molecule has 0 aliphatic heterocycles. The zero-order chi connectivity index (χ0) is 49.5. The molecular weight excluding hydrogens is 987 g/mol. The average Bonchev–Trinajstić information content (AvgIpc) is 3.94. The molecule has 0 bridgehead atoms. The summed E-state index contributed by atoms with van der Waals surface area (Å²) in [6, 6.07) is 17.0. The lowest BCUT2D eigenvalue weighted by molar-refractivity contribution is 0.398. The van der Waals surface area contributed by atoms with Gasteiger partial charge in [0.05, 0.1) is 47.4 Å². The molecule has 7 aromatic rings. The first-order valence-corrected chi connectivity index (χ1v) is 27.0. The van der Waals surface area contributed by atoms with E-state index < -0.39 is 30.0 Å². The van der Waals surface area contributed by atoms with Gasteiger partial charge in [-0.1, -0.05) is 25.1 Å². The van der Waals surface area contributed by atoms with Gasteiger partial charge in [-0.25, -0.2) is 0 Å². The van der Waals surface area contributed by atoms with E-state index >= 15 is 0 Å². The highest BCUT2D eigenvalue weighted by Crippen LogP contribution is 2.44. The van der Waals surface area contributed by atoms with Crippen molar-refractivity contribution in [2.75, 3.05) is 66.6 Å². The topological polar surface area (TPSA) is 272 Å². The molecule has 26 heteroatoms. The quantitative estimate of drug-likeness (QED) is 0.0213. The van der Waals surface area contributed by atoms with Crippen LogP contribution in [0.4, 0.5) is 56.0 Å². The Morgan fingerprint density at radius 1 is 0.623 bits per heavy atom. The maximum absolute atomic E-state index is 12.6. The van der Waals surface area contributed by atoms with E-state index in [2.05, 4.69) is 56.6 Å². The molecule has 0 atom stereocenters. The van der Waals surface area contributed by atoms with Crippen LogP contribution in [0.3, 0.4) is 0 Å². The van der Waals surface area contributed by atoms with Gasteiger partial charge in [0.2, 0.25) is 11.9 Å². The van der Waals surface area contributed by atoms with Crippen molar-refractivity contribution in [3.63, 3.8) is 0 Å². The van der Waals surface area contributed by atoms with E-state index in [1.54, 1.807) is 24.3 Å². The maximum atomic E-state index is 12.6. The number of thioether (sulfide) groups is 1. The third-order valence-corrected chi connectivity index (χ3v) is 14.9. The minimum atomic E-state index is -4.76. The average molecular weight is 1040 g/mol. The molecule has 3 aromatic heterocycles. The van der Waals surface area contributed by atoms with E-state index in [4.69, 9.17) is 24.4 Å². The van der Waals surface area contributed by atoms with Crippen LogP contribution in [0.1, 0.15) is 47.5 Å². The summed E-state index contributed by atoms with van der Waals surface area (Å²) in [5.41, 5.74) is 3.92. The zero-order valence-electron chi connectivity index (χ0n) is 38.5. The number of nitrogens with one attached hydrogen (secondary N) is 2. The van der Waals surface area contributed by atoms with Crippen molar-refractivity contribution < 1.29 is 35.4 Å². The first-order valence-electron chi connectivity index (χ1n) is 21.6. The Morgan fingerprint density at radius 3 is 1.43 bits per heavy atom. The van der Waals surface area contributed by atoms with E-state index in [-0.39, 0.29) is 55.2 Å². The molecule has 364 valence electrons. The molecule has 4 aromatic carbocycles. The van der Waals surface area contributed by atoms with E-state index in [1.807, 2.05) is 52.0 Å². The van der Waals surface area contributed by atoms with Crippen molar-refractivity contribution in [3.05, 3.63) is 60.7 Å². The van der Waals surface area contributed by atoms with Gasteiger partial charge in [-0.3, -0.25) is 9.11 Å². The highest BCUT2D eigenvalue weighted by molar-refractivity contribution is 7.99. The van der Waals surface area contributed by atoms with Crippen molar-refractivity contribution in [2.24, 2.45) is 20.5 Å². The monoisotopic (exact) mass is 1040 g/mol. The number of unbranched alkanes of at least 4 members (excludes halogenated alkanes) is 1. The van der Waals surface area contributed by atoms with E-state index in [9.17, 15) is 25.9 Å². The molecule has 3 heterocycles. The Balaban J connectivity index is 1.32. The molecule has 69 heavy (non-hydrogen) atoms. The molecule has 0 aliphatic carbocycles. The number of nitrogens with zero attached hydrogens (tertiary/aromatic N) is 11. The Hall–Kier alpha value is -6.16. The van der Waals surface area contributed by atoms with Gasteiger partial charge in [0, 0.05) is 43.3 Å².